The third-order valence-corrected chi connectivity index (χ3v) is 5.60. The van der Waals surface area contributed by atoms with Gasteiger partial charge < -0.3 is 10.4 Å². The summed E-state index contributed by atoms with van der Waals surface area (Å²) in [7, 11) is 0. The molecule has 0 saturated heterocycles. The first-order valence-electron chi connectivity index (χ1n) is 8.83. The summed E-state index contributed by atoms with van der Waals surface area (Å²) in [5, 5.41) is 0.944. The van der Waals surface area contributed by atoms with Gasteiger partial charge in [-0.3, -0.25) is 10.2 Å². The molecule has 1 amide bonds. The maximum absolute atomic E-state index is 12.4. The van der Waals surface area contributed by atoms with E-state index >= 15 is 0 Å². The van der Waals surface area contributed by atoms with E-state index in [0.717, 1.165) is 35.4 Å². The molecule has 1 aromatic heterocycles. The second-order valence-corrected chi connectivity index (χ2v) is 7.37. The Morgan fingerprint density at radius 1 is 1.33 bits per heavy atom. The molecule has 3 N–H and O–H groups in total. The predicted octanol–water partition coefficient (Wildman–Crippen LogP) is 4.52. The highest BCUT2D eigenvalue weighted by atomic mass is 16.2. The van der Waals surface area contributed by atoms with Crippen molar-refractivity contribution in [2.24, 2.45) is 11.3 Å². The van der Waals surface area contributed by atoms with Gasteiger partial charge >= 0.3 is 0 Å². The molecule has 1 aliphatic rings. The van der Waals surface area contributed by atoms with Crippen LogP contribution in [0.3, 0.4) is 0 Å². The van der Waals surface area contributed by atoms with Crippen LogP contribution in [0.15, 0.2) is 42.2 Å². The molecule has 1 aromatic carbocycles. The number of hydrogen-bond donors (Lipinski definition) is 3. The molecule has 24 heavy (non-hydrogen) atoms. The Morgan fingerprint density at radius 3 is 2.83 bits per heavy atom. The molecule has 2 aromatic rings. The van der Waals surface area contributed by atoms with E-state index in [1.165, 1.54) is 12.8 Å². The molecular formula is C20H27N3O. The zero-order chi connectivity index (χ0) is 17.2. The van der Waals surface area contributed by atoms with Crippen molar-refractivity contribution in [1.82, 2.24) is 15.8 Å². The highest BCUT2D eigenvalue weighted by Crippen LogP contribution is 2.39. The zero-order valence-corrected chi connectivity index (χ0v) is 14.8. The summed E-state index contributed by atoms with van der Waals surface area (Å²) < 4.78 is 0. The van der Waals surface area contributed by atoms with E-state index in [1.54, 1.807) is 6.20 Å². The Hall–Kier alpha value is -2.23. The summed E-state index contributed by atoms with van der Waals surface area (Å²) in [6.45, 7) is 6.96. The number of para-hydroxylation sites is 1. The maximum Gasteiger partial charge on any atom is 0.271 e. The van der Waals surface area contributed by atoms with Crippen LogP contribution in [0, 0.1) is 11.3 Å². The second kappa shape index (κ2) is 6.71. The molecule has 0 spiro atoms. The number of allylic oxidation sites excluding steroid dienone is 2. The Labute approximate surface area is 143 Å². The van der Waals surface area contributed by atoms with Crippen LogP contribution in [0.5, 0.6) is 0 Å². The van der Waals surface area contributed by atoms with Crippen molar-refractivity contribution in [1.29, 1.82) is 0 Å². The van der Waals surface area contributed by atoms with Gasteiger partial charge in [0.2, 0.25) is 0 Å². The Bertz CT molecular complexity index is 757. The maximum atomic E-state index is 12.4. The number of rotatable bonds is 5. The minimum atomic E-state index is -0.107. The number of carbonyl (C=O) groups excluding carboxylic acids is 1. The lowest BCUT2D eigenvalue weighted by molar-refractivity contribution is 0.0938. The van der Waals surface area contributed by atoms with Crippen LogP contribution in [0.2, 0.25) is 0 Å². The first-order chi connectivity index (χ1) is 11.5. The first-order valence-corrected chi connectivity index (χ1v) is 8.83. The van der Waals surface area contributed by atoms with E-state index in [-0.39, 0.29) is 5.91 Å². The van der Waals surface area contributed by atoms with Crippen LogP contribution in [0.4, 0.5) is 0 Å². The van der Waals surface area contributed by atoms with Crippen molar-refractivity contribution in [2.75, 3.05) is 0 Å². The van der Waals surface area contributed by atoms with Crippen LogP contribution < -0.4 is 10.9 Å². The zero-order valence-electron chi connectivity index (χ0n) is 14.8. The summed E-state index contributed by atoms with van der Waals surface area (Å²) in [5.41, 5.74) is 9.09. The lowest BCUT2D eigenvalue weighted by Gasteiger charge is -2.35. The number of H-pyrrole nitrogens is 1. The van der Waals surface area contributed by atoms with E-state index in [9.17, 15) is 4.79 Å². The molecular weight excluding hydrogens is 298 g/mol. The SMILES string of the molecule is CCC(C)(C)[C@@H]1CC=C(NNC(=O)c2c[nH]c3ccccc23)CC1. The quantitative estimate of drug-likeness (QED) is 0.708. The monoisotopic (exact) mass is 325 g/mol. The van der Waals surface area contributed by atoms with Crippen molar-refractivity contribution in [2.45, 2.75) is 46.5 Å². The summed E-state index contributed by atoms with van der Waals surface area (Å²) in [5.74, 6) is 0.613. The molecule has 128 valence electrons. The smallest absolute Gasteiger partial charge is 0.271 e. The van der Waals surface area contributed by atoms with Gasteiger partial charge in [-0.15, -0.1) is 0 Å². The van der Waals surface area contributed by atoms with Gasteiger partial charge in [0.25, 0.3) is 5.91 Å². The fourth-order valence-corrected chi connectivity index (χ4v) is 3.41. The average molecular weight is 325 g/mol. The minimum Gasteiger partial charge on any atom is -0.360 e. The van der Waals surface area contributed by atoms with Gasteiger partial charge in [0.15, 0.2) is 0 Å². The first kappa shape index (κ1) is 16.6. The molecule has 4 nitrogen and oxygen atoms in total. The van der Waals surface area contributed by atoms with Gasteiger partial charge in [-0.25, -0.2) is 0 Å². The lowest BCUT2D eigenvalue weighted by atomic mass is 9.71. The van der Waals surface area contributed by atoms with Gasteiger partial charge in [0, 0.05) is 22.8 Å². The third kappa shape index (κ3) is 3.32. The predicted molar refractivity (Wildman–Crippen MR) is 98.4 cm³/mol. The van der Waals surface area contributed by atoms with E-state index in [0.29, 0.717) is 11.0 Å². The molecule has 0 radical (unpaired) electrons. The molecule has 1 heterocycles. The van der Waals surface area contributed by atoms with Crippen LogP contribution in [-0.4, -0.2) is 10.9 Å². The molecule has 1 aliphatic carbocycles. The molecule has 1 atom stereocenters. The number of hydrogen-bond acceptors (Lipinski definition) is 2. The summed E-state index contributed by atoms with van der Waals surface area (Å²) in [6.07, 6.45) is 8.43. The average Bonchev–Trinajstić information content (AvgIpc) is 3.04. The van der Waals surface area contributed by atoms with E-state index in [1.807, 2.05) is 24.3 Å². The number of fused-ring (bicyclic) bond motifs is 1. The summed E-state index contributed by atoms with van der Waals surface area (Å²) in [4.78, 5) is 15.5. The number of hydrazine groups is 1. The topological polar surface area (TPSA) is 56.9 Å². The Kier molecular flexibility index (Phi) is 4.65. The second-order valence-electron chi connectivity index (χ2n) is 7.37. The molecule has 4 heteroatoms. The molecule has 0 unspecified atom stereocenters. The van der Waals surface area contributed by atoms with Crippen molar-refractivity contribution in [3.63, 3.8) is 0 Å². The molecule has 3 rings (SSSR count). The van der Waals surface area contributed by atoms with Crippen molar-refractivity contribution in [3.8, 4) is 0 Å². The van der Waals surface area contributed by atoms with E-state index in [2.05, 4.69) is 42.7 Å². The van der Waals surface area contributed by atoms with E-state index < -0.39 is 0 Å². The van der Waals surface area contributed by atoms with Gasteiger partial charge in [0.1, 0.15) is 0 Å². The summed E-state index contributed by atoms with van der Waals surface area (Å²) in [6, 6.07) is 7.83. The Morgan fingerprint density at radius 2 is 2.12 bits per heavy atom. The molecule has 0 fully saturated rings. The minimum absolute atomic E-state index is 0.107. The lowest BCUT2D eigenvalue weighted by Crippen LogP contribution is -2.38. The normalized spacial score (nSPS) is 18.3. The van der Waals surface area contributed by atoms with Crippen molar-refractivity contribution >= 4 is 16.8 Å². The van der Waals surface area contributed by atoms with Crippen LogP contribution in [0.25, 0.3) is 10.9 Å². The number of nitrogens with one attached hydrogen (secondary N) is 3. The van der Waals surface area contributed by atoms with Crippen LogP contribution in [0.1, 0.15) is 56.8 Å². The standard InChI is InChI=1S/C20H27N3O/c1-4-20(2,3)14-9-11-15(12-10-14)22-23-19(24)17-13-21-18-8-6-5-7-16(17)18/h5-8,11,13-14,21-22H,4,9-10,12H2,1-3H3,(H,23,24)/t14-/m1/s1. The number of aromatic amines is 1. The molecule has 0 saturated carbocycles. The van der Waals surface area contributed by atoms with Gasteiger partial charge in [0.05, 0.1) is 5.56 Å². The number of aromatic nitrogens is 1. The number of benzene rings is 1. The summed E-state index contributed by atoms with van der Waals surface area (Å²) >= 11 is 0. The fraction of sp³-hybridized carbons (Fsp3) is 0.450. The largest absolute Gasteiger partial charge is 0.360 e. The number of amides is 1. The van der Waals surface area contributed by atoms with Crippen LogP contribution in [-0.2, 0) is 0 Å². The third-order valence-electron chi connectivity index (χ3n) is 5.60. The van der Waals surface area contributed by atoms with Crippen molar-refractivity contribution < 1.29 is 4.79 Å². The van der Waals surface area contributed by atoms with Crippen molar-refractivity contribution in [3.05, 3.63) is 47.8 Å². The highest BCUT2D eigenvalue weighted by molar-refractivity contribution is 6.06. The van der Waals surface area contributed by atoms with E-state index in [4.69, 9.17) is 0 Å². The Balaban J connectivity index is 1.59. The fourth-order valence-electron chi connectivity index (χ4n) is 3.41. The highest BCUT2D eigenvalue weighted by Gasteiger charge is 2.28. The van der Waals surface area contributed by atoms with Gasteiger partial charge in [-0.1, -0.05) is 51.5 Å². The molecule has 0 aliphatic heterocycles. The molecule has 0 bridgehead atoms. The van der Waals surface area contributed by atoms with Crippen LogP contribution >= 0.6 is 0 Å². The van der Waals surface area contributed by atoms with Gasteiger partial charge in [-0.05, 0) is 36.7 Å². The number of carbonyl (C=O) groups is 1. The van der Waals surface area contributed by atoms with Gasteiger partial charge in [-0.2, -0.15) is 0 Å².